The highest BCUT2D eigenvalue weighted by atomic mass is 35.5. The van der Waals surface area contributed by atoms with Crippen molar-refractivity contribution in [1.82, 2.24) is 4.98 Å². The average molecular weight is 345 g/mol. The van der Waals surface area contributed by atoms with Gasteiger partial charge in [0.15, 0.2) is 0 Å². The summed E-state index contributed by atoms with van der Waals surface area (Å²) in [7, 11) is 0. The van der Waals surface area contributed by atoms with Gasteiger partial charge in [0.2, 0.25) is 11.8 Å². The zero-order chi connectivity index (χ0) is 17.1. The number of halogens is 2. The first-order valence-electron chi connectivity index (χ1n) is 7.29. The van der Waals surface area contributed by atoms with E-state index < -0.39 is 11.7 Å². The number of carbonyl (C=O) groups is 1. The molecule has 24 heavy (non-hydrogen) atoms. The van der Waals surface area contributed by atoms with E-state index in [1.165, 1.54) is 18.2 Å². The van der Waals surface area contributed by atoms with Crippen LogP contribution in [-0.4, -0.2) is 10.9 Å². The number of aromatic nitrogens is 1. The van der Waals surface area contributed by atoms with E-state index in [2.05, 4.69) is 10.3 Å². The maximum absolute atomic E-state index is 13.7. The molecular weight excluding hydrogens is 331 g/mol. The second-order valence-electron chi connectivity index (χ2n) is 5.24. The van der Waals surface area contributed by atoms with Gasteiger partial charge in [0, 0.05) is 10.6 Å². The standard InChI is InChI=1S/C18H14ClFN2O2/c1-11-15(22-18(24-11)12-5-3-2-4-6-12)10-17(23)21-16-9-13(19)7-8-14(16)20/h2-9H,10H2,1H3,(H,21,23). The van der Waals surface area contributed by atoms with Gasteiger partial charge in [-0.15, -0.1) is 0 Å². The Bertz CT molecular complexity index is 878. The Hall–Kier alpha value is -2.66. The first-order chi connectivity index (χ1) is 11.5. The van der Waals surface area contributed by atoms with Crippen molar-refractivity contribution in [3.8, 4) is 11.5 Å². The Morgan fingerprint density at radius 1 is 1.25 bits per heavy atom. The van der Waals surface area contributed by atoms with Crippen LogP contribution in [0.4, 0.5) is 10.1 Å². The van der Waals surface area contributed by atoms with E-state index in [1.807, 2.05) is 30.3 Å². The van der Waals surface area contributed by atoms with Crippen LogP contribution in [0.5, 0.6) is 0 Å². The summed E-state index contributed by atoms with van der Waals surface area (Å²) in [6.07, 6.45) is -0.0197. The van der Waals surface area contributed by atoms with E-state index in [0.29, 0.717) is 22.4 Å². The molecule has 3 rings (SSSR count). The number of hydrogen-bond acceptors (Lipinski definition) is 3. The van der Waals surface area contributed by atoms with E-state index in [9.17, 15) is 9.18 Å². The summed E-state index contributed by atoms with van der Waals surface area (Å²) in [4.78, 5) is 16.5. The van der Waals surface area contributed by atoms with E-state index in [-0.39, 0.29) is 12.1 Å². The molecule has 1 amide bonds. The fraction of sp³-hybridized carbons (Fsp3) is 0.111. The predicted octanol–water partition coefficient (Wildman–Crippen LogP) is 4.62. The lowest BCUT2D eigenvalue weighted by Gasteiger charge is -2.06. The molecule has 0 spiro atoms. The SMILES string of the molecule is Cc1oc(-c2ccccc2)nc1CC(=O)Nc1cc(Cl)ccc1F. The Morgan fingerprint density at radius 3 is 2.75 bits per heavy atom. The van der Waals surface area contributed by atoms with Gasteiger partial charge in [0.05, 0.1) is 17.8 Å². The lowest BCUT2D eigenvalue weighted by atomic mass is 10.2. The molecule has 6 heteroatoms. The molecule has 0 saturated heterocycles. The molecule has 0 saturated carbocycles. The minimum absolute atomic E-state index is 0.0197. The lowest BCUT2D eigenvalue weighted by molar-refractivity contribution is -0.115. The monoisotopic (exact) mass is 344 g/mol. The highest BCUT2D eigenvalue weighted by Crippen LogP contribution is 2.23. The molecule has 3 aromatic rings. The van der Waals surface area contributed by atoms with Gasteiger partial charge in [0.25, 0.3) is 0 Å². The Kier molecular flexibility index (Phi) is 4.62. The first-order valence-corrected chi connectivity index (χ1v) is 7.67. The summed E-state index contributed by atoms with van der Waals surface area (Å²) in [5, 5.41) is 2.84. The zero-order valence-corrected chi connectivity index (χ0v) is 13.6. The average Bonchev–Trinajstić information content (AvgIpc) is 2.92. The minimum atomic E-state index is -0.547. The van der Waals surface area contributed by atoms with Crippen LogP contribution in [0, 0.1) is 12.7 Å². The van der Waals surface area contributed by atoms with Crippen molar-refractivity contribution in [2.24, 2.45) is 0 Å². The number of amides is 1. The fourth-order valence-corrected chi connectivity index (χ4v) is 2.41. The molecule has 0 fully saturated rings. The molecule has 0 unspecified atom stereocenters. The van der Waals surface area contributed by atoms with Gasteiger partial charge in [-0.2, -0.15) is 0 Å². The Balaban J connectivity index is 1.75. The van der Waals surface area contributed by atoms with E-state index in [1.54, 1.807) is 6.92 Å². The summed E-state index contributed by atoms with van der Waals surface area (Å²) >= 11 is 5.81. The molecule has 1 aromatic heterocycles. The smallest absolute Gasteiger partial charge is 0.230 e. The van der Waals surface area contributed by atoms with Crippen LogP contribution in [0.25, 0.3) is 11.5 Å². The molecule has 0 atom stereocenters. The van der Waals surface area contributed by atoms with Crippen molar-refractivity contribution in [1.29, 1.82) is 0 Å². The molecule has 2 aromatic carbocycles. The molecule has 1 heterocycles. The number of anilines is 1. The summed E-state index contributed by atoms with van der Waals surface area (Å²) in [6, 6.07) is 13.4. The largest absolute Gasteiger partial charge is 0.441 e. The van der Waals surface area contributed by atoms with Gasteiger partial charge >= 0.3 is 0 Å². The number of benzene rings is 2. The van der Waals surface area contributed by atoms with Gasteiger partial charge in [-0.3, -0.25) is 4.79 Å². The van der Waals surface area contributed by atoms with Crippen LogP contribution in [0.1, 0.15) is 11.5 Å². The normalized spacial score (nSPS) is 10.6. The third-order valence-electron chi connectivity index (χ3n) is 3.44. The first kappa shape index (κ1) is 16.2. The van der Waals surface area contributed by atoms with E-state index in [4.69, 9.17) is 16.0 Å². The van der Waals surface area contributed by atoms with Crippen molar-refractivity contribution < 1.29 is 13.6 Å². The number of carbonyl (C=O) groups excluding carboxylic acids is 1. The molecule has 0 bridgehead atoms. The second-order valence-corrected chi connectivity index (χ2v) is 5.67. The third kappa shape index (κ3) is 3.63. The van der Waals surface area contributed by atoms with Gasteiger partial charge in [0.1, 0.15) is 11.6 Å². The topological polar surface area (TPSA) is 55.1 Å². The van der Waals surface area contributed by atoms with Crippen LogP contribution < -0.4 is 5.32 Å². The molecule has 0 aliphatic carbocycles. The number of aryl methyl sites for hydroxylation is 1. The molecule has 4 nitrogen and oxygen atoms in total. The van der Waals surface area contributed by atoms with Crippen LogP contribution in [0.15, 0.2) is 52.9 Å². The molecule has 1 N–H and O–H groups in total. The number of rotatable bonds is 4. The molecule has 0 aliphatic rings. The summed E-state index contributed by atoms with van der Waals surface area (Å²) in [6.45, 7) is 1.74. The van der Waals surface area contributed by atoms with Gasteiger partial charge in [-0.05, 0) is 37.3 Å². The quantitative estimate of drug-likeness (QED) is 0.751. The van der Waals surface area contributed by atoms with E-state index >= 15 is 0 Å². The molecule has 0 aliphatic heterocycles. The van der Waals surface area contributed by atoms with Crippen LogP contribution >= 0.6 is 11.6 Å². The number of nitrogens with one attached hydrogen (secondary N) is 1. The molecule has 0 radical (unpaired) electrons. The summed E-state index contributed by atoms with van der Waals surface area (Å²) in [5.41, 5.74) is 1.37. The van der Waals surface area contributed by atoms with Crippen molar-refractivity contribution in [3.05, 3.63) is 70.8 Å². The number of nitrogens with zero attached hydrogens (tertiary/aromatic N) is 1. The van der Waals surface area contributed by atoms with Crippen molar-refractivity contribution in [3.63, 3.8) is 0 Å². The van der Waals surface area contributed by atoms with Crippen LogP contribution in [0.2, 0.25) is 5.02 Å². The van der Waals surface area contributed by atoms with Crippen LogP contribution in [0.3, 0.4) is 0 Å². The third-order valence-corrected chi connectivity index (χ3v) is 3.68. The molecule has 122 valence electrons. The summed E-state index contributed by atoms with van der Waals surface area (Å²) < 4.78 is 19.3. The fourth-order valence-electron chi connectivity index (χ4n) is 2.24. The maximum Gasteiger partial charge on any atom is 0.230 e. The maximum atomic E-state index is 13.7. The predicted molar refractivity (Wildman–Crippen MR) is 90.4 cm³/mol. The van der Waals surface area contributed by atoms with Crippen LogP contribution in [-0.2, 0) is 11.2 Å². The highest BCUT2D eigenvalue weighted by Gasteiger charge is 2.15. The van der Waals surface area contributed by atoms with Gasteiger partial charge in [-0.1, -0.05) is 29.8 Å². The Morgan fingerprint density at radius 2 is 2.00 bits per heavy atom. The Labute approximate surface area is 143 Å². The van der Waals surface area contributed by atoms with E-state index in [0.717, 1.165) is 5.56 Å². The summed E-state index contributed by atoms with van der Waals surface area (Å²) in [5.74, 6) is 0.0576. The minimum Gasteiger partial charge on any atom is -0.441 e. The van der Waals surface area contributed by atoms with Gasteiger partial charge in [-0.25, -0.2) is 9.37 Å². The van der Waals surface area contributed by atoms with Crippen molar-refractivity contribution in [2.75, 3.05) is 5.32 Å². The number of oxazole rings is 1. The molecular formula is C18H14ClFN2O2. The van der Waals surface area contributed by atoms with Gasteiger partial charge < -0.3 is 9.73 Å². The lowest BCUT2D eigenvalue weighted by Crippen LogP contribution is -2.16. The van der Waals surface area contributed by atoms with Crippen molar-refractivity contribution >= 4 is 23.2 Å². The second kappa shape index (κ2) is 6.84. The number of hydrogen-bond donors (Lipinski definition) is 1. The van der Waals surface area contributed by atoms with Crippen molar-refractivity contribution in [2.45, 2.75) is 13.3 Å². The zero-order valence-electron chi connectivity index (χ0n) is 12.8. The highest BCUT2D eigenvalue weighted by molar-refractivity contribution is 6.30.